The van der Waals surface area contributed by atoms with Crippen LogP contribution in [0.1, 0.15) is 0 Å². The molecule has 4 N–H and O–H groups in total. The van der Waals surface area contributed by atoms with Crippen molar-refractivity contribution in [1.29, 1.82) is 0 Å². The molecule has 0 fully saturated rings. The van der Waals surface area contributed by atoms with Gasteiger partial charge in [-0.05, 0) is 34.1 Å². The smallest absolute Gasteiger partial charge is 0.318 e. The number of nitrogens with two attached hydrogens (primary N) is 1. The lowest BCUT2D eigenvalue weighted by Crippen LogP contribution is -2.39. The van der Waals surface area contributed by atoms with Gasteiger partial charge >= 0.3 is 11.8 Å². The summed E-state index contributed by atoms with van der Waals surface area (Å²) in [5.41, 5.74) is 2.13. The lowest BCUT2D eigenvalue weighted by Gasteiger charge is -2.04. The molecule has 15 heavy (non-hydrogen) atoms. The van der Waals surface area contributed by atoms with Crippen molar-refractivity contribution in [3.8, 4) is 0 Å². The van der Waals surface area contributed by atoms with Gasteiger partial charge in [-0.25, -0.2) is 5.84 Å². The lowest BCUT2D eigenvalue weighted by atomic mass is 10.3. The average Bonchev–Trinajstić information content (AvgIpc) is 2.22. The fourth-order valence-corrected chi connectivity index (χ4v) is 1.25. The van der Waals surface area contributed by atoms with Gasteiger partial charge in [-0.1, -0.05) is 11.6 Å². The second-order valence-corrected chi connectivity index (χ2v) is 3.82. The van der Waals surface area contributed by atoms with Crippen molar-refractivity contribution in [2.75, 3.05) is 5.32 Å². The molecule has 0 bridgehead atoms. The third-order valence-corrected chi connectivity index (χ3v) is 2.75. The topological polar surface area (TPSA) is 84.2 Å². The largest absolute Gasteiger partial charge is 0.323 e. The van der Waals surface area contributed by atoms with Gasteiger partial charge in [-0.15, -0.1) is 0 Å². The van der Waals surface area contributed by atoms with Crippen LogP contribution in [0.25, 0.3) is 0 Å². The second-order valence-electron chi connectivity index (χ2n) is 2.56. The number of carbonyl (C=O) groups is 2. The van der Waals surface area contributed by atoms with Crippen molar-refractivity contribution in [3.05, 3.63) is 27.7 Å². The Hall–Kier alpha value is -1.11. The molecule has 5 nitrogen and oxygen atoms in total. The maximum atomic E-state index is 11.1. The monoisotopic (exact) mass is 291 g/mol. The van der Waals surface area contributed by atoms with Crippen LogP contribution in [0.3, 0.4) is 0 Å². The zero-order chi connectivity index (χ0) is 11.4. The summed E-state index contributed by atoms with van der Waals surface area (Å²) in [7, 11) is 0. The summed E-state index contributed by atoms with van der Waals surface area (Å²) in [6.45, 7) is 0. The molecule has 0 spiro atoms. The molecule has 1 aromatic carbocycles. The Morgan fingerprint density at radius 2 is 2.00 bits per heavy atom. The van der Waals surface area contributed by atoms with Crippen LogP contribution in [0, 0.1) is 0 Å². The number of hydrazine groups is 1. The first-order chi connectivity index (χ1) is 7.04. The molecule has 0 saturated heterocycles. The van der Waals surface area contributed by atoms with E-state index >= 15 is 0 Å². The Morgan fingerprint density at radius 1 is 1.33 bits per heavy atom. The maximum absolute atomic E-state index is 11.1. The Labute approximate surface area is 99.1 Å². The third-order valence-electron chi connectivity index (χ3n) is 1.51. The van der Waals surface area contributed by atoms with Crippen molar-refractivity contribution in [1.82, 2.24) is 5.43 Å². The normalized spacial score (nSPS) is 9.53. The molecule has 1 aromatic rings. The molecule has 0 aliphatic carbocycles. The van der Waals surface area contributed by atoms with E-state index in [4.69, 9.17) is 17.4 Å². The fourth-order valence-electron chi connectivity index (χ4n) is 0.827. The van der Waals surface area contributed by atoms with Crippen LogP contribution in [0.5, 0.6) is 0 Å². The molecule has 0 saturated carbocycles. The minimum absolute atomic E-state index is 0.414. The summed E-state index contributed by atoms with van der Waals surface area (Å²) in [5.74, 6) is 3.01. The highest BCUT2D eigenvalue weighted by Crippen LogP contribution is 2.25. The summed E-state index contributed by atoms with van der Waals surface area (Å²) in [5, 5.41) is 2.76. The Balaban J connectivity index is 2.77. The number of nitrogens with one attached hydrogen (secondary N) is 2. The van der Waals surface area contributed by atoms with Gasteiger partial charge in [0.05, 0.1) is 5.02 Å². The Morgan fingerprint density at radius 3 is 2.53 bits per heavy atom. The third kappa shape index (κ3) is 3.19. The highest BCUT2D eigenvalue weighted by atomic mass is 79.9. The number of hydrogen-bond acceptors (Lipinski definition) is 3. The van der Waals surface area contributed by atoms with Gasteiger partial charge in [0.25, 0.3) is 0 Å². The minimum atomic E-state index is -0.922. The van der Waals surface area contributed by atoms with E-state index < -0.39 is 11.8 Å². The predicted molar refractivity (Wildman–Crippen MR) is 60.1 cm³/mol. The van der Waals surface area contributed by atoms with Crippen LogP contribution in [-0.4, -0.2) is 11.8 Å². The first-order valence-corrected chi connectivity index (χ1v) is 4.98. The van der Waals surface area contributed by atoms with E-state index in [0.717, 1.165) is 0 Å². The summed E-state index contributed by atoms with van der Waals surface area (Å²) in [6, 6.07) is 4.75. The van der Waals surface area contributed by atoms with E-state index in [-0.39, 0.29) is 0 Å². The van der Waals surface area contributed by atoms with Crippen molar-refractivity contribution in [2.24, 2.45) is 5.84 Å². The minimum Gasteiger partial charge on any atom is -0.318 e. The molecule has 0 radical (unpaired) electrons. The van der Waals surface area contributed by atoms with Crippen molar-refractivity contribution in [3.63, 3.8) is 0 Å². The highest BCUT2D eigenvalue weighted by molar-refractivity contribution is 9.10. The molecule has 2 amide bonds. The highest BCUT2D eigenvalue weighted by Gasteiger charge is 2.11. The molecule has 0 unspecified atom stereocenters. The van der Waals surface area contributed by atoms with Crippen molar-refractivity contribution >= 4 is 45.0 Å². The van der Waals surface area contributed by atoms with E-state index in [1.54, 1.807) is 17.6 Å². The Bertz CT molecular complexity index is 411. The van der Waals surface area contributed by atoms with Crippen LogP contribution >= 0.6 is 27.5 Å². The van der Waals surface area contributed by atoms with E-state index in [0.29, 0.717) is 15.2 Å². The Kier molecular flexibility index (Phi) is 4.07. The molecular weight excluding hydrogens is 285 g/mol. The standard InChI is InChI=1S/C8H7BrClN3O2/c9-5-2-1-4(3-6(5)10)12-7(14)8(15)13-11/h1-3H,11H2,(H,12,14)(H,13,15). The predicted octanol–water partition coefficient (Wildman–Crippen LogP) is 1.03. The van der Waals surface area contributed by atoms with Crippen LogP contribution in [0.2, 0.25) is 5.02 Å². The van der Waals surface area contributed by atoms with Crippen molar-refractivity contribution < 1.29 is 9.59 Å². The van der Waals surface area contributed by atoms with E-state index in [9.17, 15) is 9.59 Å². The zero-order valence-electron chi connectivity index (χ0n) is 7.38. The number of halogens is 2. The number of amides is 2. The number of carbonyl (C=O) groups excluding carboxylic acids is 2. The van der Waals surface area contributed by atoms with E-state index in [1.807, 2.05) is 0 Å². The van der Waals surface area contributed by atoms with E-state index in [2.05, 4.69) is 21.2 Å². The van der Waals surface area contributed by atoms with E-state index in [1.165, 1.54) is 6.07 Å². The first-order valence-electron chi connectivity index (χ1n) is 3.81. The molecule has 0 aliphatic rings. The first kappa shape index (κ1) is 12.0. The van der Waals surface area contributed by atoms with Crippen LogP contribution in [0.4, 0.5) is 5.69 Å². The molecular formula is C8H7BrClN3O2. The van der Waals surface area contributed by atoms with Crippen LogP contribution < -0.4 is 16.6 Å². The van der Waals surface area contributed by atoms with Gasteiger partial charge < -0.3 is 5.32 Å². The van der Waals surface area contributed by atoms with Crippen LogP contribution in [0.15, 0.2) is 22.7 Å². The zero-order valence-corrected chi connectivity index (χ0v) is 9.72. The van der Waals surface area contributed by atoms with Gasteiger partial charge in [-0.2, -0.15) is 0 Å². The number of rotatable bonds is 1. The van der Waals surface area contributed by atoms with Gasteiger partial charge in [0.2, 0.25) is 0 Å². The average molecular weight is 293 g/mol. The summed E-state index contributed by atoms with van der Waals surface area (Å²) in [4.78, 5) is 21.9. The molecule has 80 valence electrons. The van der Waals surface area contributed by atoms with Crippen molar-refractivity contribution in [2.45, 2.75) is 0 Å². The quantitative estimate of drug-likeness (QED) is 0.313. The molecule has 0 aliphatic heterocycles. The molecule has 0 atom stereocenters. The molecule has 0 aromatic heterocycles. The maximum Gasteiger partial charge on any atom is 0.323 e. The van der Waals surface area contributed by atoms with Gasteiger partial charge in [0, 0.05) is 10.2 Å². The number of hydrogen-bond donors (Lipinski definition) is 3. The summed E-state index contributed by atoms with van der Waals surface area (Å²) in [6.07, 6.45) is 0. The van der Waals surface area contributed by atoms with Crippen LogP contribution in [-0.2, 0) is 9.59 Å². The SMILES string of the molecule is NNC(=O)C(=O)Nc1ccc(Br)c(Cl)c1. The molecule has 7 heteroatoms. The number of benzene rings is 1. The summed E-state index contributed by atoms with van der Waals surface area (Å²) >= 11 is 8.98. The summed E-state index contributed by atoms with van der Waals surface area (Å²) < 4.78 is 0.699. The fraction of sp³-hybridized carbons (Fsp3) is 0. The van der Waals surface area contributed by atoms with Gasteiger partial charge in [0.15, 0.2) is 0 Å². The van der Waals surface area contributed by atoms with Gasteiger partial charge in [-0.3, -0.25) is 15.0 Å². The second kappa shape index (κ2) is 5.11. The lowest BCUT2D eigenvalue weighted by molar-refractivity contribution is -0.136. The molecule has 1 rings (SSSR count). The number of anilines is 1. The van der Waals surface area contributed by atoms with Gasteiger partial charge in [0.1, 0.15) is 0 Å². The molecule has 0 heterocycles.